The van der Waals surface area contributed by atoms with E-state index < -0.39 is 6.10 Å². The summed E-state index contributed by atoms with van der Waals surface area (Å²) in [7, 11) is 2.17. The zero-order valence-corrected chi connectivity index (χ0v) is 16.0. The molecule has 3 aliphatic rings. The number of nitrogens with zero attached hydrogens (tertiary/aromatic N) is 3. The van der Waals surface area contributed by atoms with E-state index in [2.05, 4.69) is 16.5 Å². The fourth-order valence-corrected chi connectivity index (χ4v) is 4.76. The largest absolute Gasteiger partial charge is 0.389 e. The van der Waals surface area contributed by atoms with E-state index in [0.29, 0.717) is 19.2 Å². The lowest BCUT2D eigenvalue weighted by atomic mass is 10.0. The minimum Gasteiger partial charge on any atom is -0.389 e. The Morgan fingerprint density at radius 2 is 2.00 bits per heavy atom. The lowest BCUT2D eigenvalue weighted by Gasteiger charge is -2.28. The van der Waals surface area contributed by atoms with Gasteiger partial charge in [0.15, 0.2) is 0 Å². The summed E-state index contributed by atoms with van der Waals surface area (Å²) in [6, 6.07) is 0.336. The van der Waals surface area contributed by atoms with Gasteiger partial charge in [0.25, 0.3) is 0 Å². The van der Waals surface area contributed by atoms with Gasteiger partial charge in [-0.25, -0.2) is 4.98 Å². The van der Waals surface area contributed by atoms with Gasteiger partial charge in [0, 0.05) is 32.5 Å². The highest BCUT2D eigenvalue weighted by Crippen LogP contribution is 2.33. The van der Waals surface area contributed by atoms with Gasteiger partial charge in [0.05, 0.1) is 30.6 Å². The van der Waals surface area contributed by atoms with E-state index >= 15 is 0 Å². The summed E-state index contributed by atoms with van der Waals surface area (Å²) in [4.78, 5) is 7.41. The van der Waals surface area contributed by atoms with Crippen molar-refractivity contribution < 1.29 is 14.6 Å². The molecule has 2 aliphatic heterocycles. The Bertz CT molecular complexity index is 597. The van der Waals surface area contributed by atoms with E-state index in [1.807, 2.05) is 0 Å². The number of imidazole rings is 1. The topological polar surface area (TPSA) is 59.8 Å². The van der Waals surface area contributed by atoms with Crippen LogP contribution < -0.4 is 0 Å². The number of aromatic nitrogens is 2. The van der Waals surface area contributed by atoms with Crippen molar-refractivity contribution in [2.24, 2.45) is 7.05 Å². The van der Waals surface area contributed by atoms with Crippen LogP contribution in [0.4, 0.5) is 0 Å². The zero-order valence-electron chi connectivity index (χ0n) is 16.0. The Morgan fingerprint density at radius 3 is 2.81 bits per heavy atom. The van der Waals surface area contributed by atoms with Crippen molar-refractivity contribution in [2.45, 2.75) is 69.6 Å². The van der Waals surface area contributed by atoms with Crippen LogP contribution in [0.3, 0.4) is 0 Å². The van der Waals surface area contributed by atoms with Crippen LogP contribution in [0.2, 0.25) is 0 Å². The molecule has 0 spiro atoms. The molecule has 6 heteroatoms. The first kappa shape index (κ1) is 18.4. The molecule has 2 saturated heterocycles. The molecule has 1 aromatic heterocycles. The third-order valence-corrected chi connectivity index (χ3v) is 6.21. The van der Waals surface area contributed by atoms with Crippen molar-refractivity contribution in [1.82, 2.24) is 14.5 Å². The third kappa shape index (κ3) is 3.98. The predicted octanol–water partition coefficient (Wildman–Crippen LogP) is 1.99. The van der Waals surface area contributed by atoms with Gasteiger partial charge in [-0.15, -0.1) is 0 Å². The van der Waals surface area contributed by atoms with Crippen LogP contribution in [0, 0.1) is 0 Å². The minimum atomic E-state index is -0.437. The van der Waals surface area contributed by atoms with Crippen molar-refractivity contribution in [1.29, 1.82) is 0 Å². The van der Waals surface area contributed by atoms with Crippen molar-refractivity contribution in [2.75, 3.05) is 32.9 Å². The summed E-state index contributed by atoms with van der Waals surface area (Å²) in [5.74, 6) is 1.20. The predicted molar refractivity (Wildman–Crippen MR) is 99.2 cm³/mol. The first-order chi connectivity index (χ1) is 12.7. The van der Waals surface area contributed by atoms with Crippen LogP contribution >= 0.6 is 0 Å². The van der Waals surface area contributed by atoms with Crippen LogP contribution in [-0.2, 0) is 29.4 Å². The average molecular weight is 364 g/mol. The van der Waals surface area contributed by atoms with Crippen LogP contribution in [0.1, 0.15) is 61.8 Å². The molecule has 1 aliphatic carbocycles. The molecule has 1 aromatic rings. The monoisotopic (exact) mass is 363 g/mol. The second-order valence-electron chi connectivity index (χ2n) is 8.08. The van der Waals surface area contributed by atoms with E-state index in [9.17, 15) is 5.11 Å². The molecular formula is C20H33N3O3. The molecule has 1 N–H and O–H groups in total. The van der Waals surface area contributed by atoms with Crippen LogP contribution in [0.5, 0.6) is 0 Å². The fourth-order valence-electron chi connectivity index (χ4n) is 4.76. The van der Waals surface area contributed by atoms with E-state index in [-0.39, 0.29) is 6.10 Å². The number of β-amino-alcohol motifs (C(OH)–C–C–N with tert-alkyl or cyclic N) is 1. The molecular weight excluding hydrogens is 330 g/mol. The molecule has 3 heterocycles. The van der Waals surface area contributed by atoms with E-state index in [4.69, 9.17) is 14.5 Å². The number of aryl methyl sites for hydroxylation is 1. The van der Waals surface area contributed by atoms with Crippen LogP contribution in [-0.4, -0.2) is 64.7 Å². The summed E-state index contributed by atoms with van der Waals surface area (Å²) in [6.07, 6.45) is 8.83. The molecule has 4 rings (SSSR count). The smallest absolute Gasteiger partial charge is 0.126 e. The van der Waals surface area contributed by atoms with Crippen molar-refractivity contribution >= 4 is 0 Å². The van der Waals surface area contributed by atoms with Gasteiger partial charge in [-0.05, 0) is 57.9 Å². The number of aliphatic hydroxyl groups excluding tert-OH is 1. The van der Waals surface area contributed by atoms with Gasteiger partial charge in [0.2, 0.25) is 0 Å². The number of hydrogen-bond acceptors (Lipinski definition) is 5. The second-order valence-corrected chi connectivity index (χ2v) is 8.08. The quantitative estimate of drug-likeness (QED) is 0.838. The molecule has 6 nitrogen and oxygen atoms in total. The normalized spacial score (nSPS) is 26.2. The Kier molecular flexibility index (Phi) is 5.93. The molecule has 146 valence electrons. The van der Waals surface area contributed by atoms with Crippen molar-refractivity contribution in [3.05, 3.63) is 17.2 Å². The van der Waals surface area contributed by atoms with Crippen molar-refractivity contribution in [3.63, 3.8) is 0 Å². The molecule has 2 fully saturated rings. The molecule has 0 radical (unpaired) electrons. The number of rotatable bonds is 6. The Hall–Kier alpha value is -0.950. The summed E-state index contributed by atoms with van der Waals surface area (Å²) >= 11 is 0. The van der Waals surface area contributed by atoms with Gasteiger partial charge < -0.3 is 19.1 Å². The molecule has 0 unspecified atom stereocenters. The summed E-state index contributed by atoms with van der Waals surface area (Å²) in [5.41, 5.74) is 2.74. The summed E-state index contributed by atoms with van der Waals surface area (Å²) < 4.78 is 13.6. The van der Waals surface area contributed by atoms with E-state index in [1.165, 1.54) is 36.5 Å². The van der Waals surface area contributed by atoms with Gasteiger partial charge in [-0.3, -0.25) is 4.90 Å². The maximum absolute atomic E-state index is 10.5. The molecule has 0 saturated carbocycles. The zero-order chi connectivity index (χ0) is 17.9. The van der Waals surface area contributed by atoms with Gasteiger partial charge in [-0.1, -0.05) is 0 Å². The lowest BCUT2D eigenvalue weighted by molar-refractivity contribution is -0.0648. The number of hydrogen-bond donors (Lipinski definition) is 1. The number of likely N-dealkylation sites (tertiary alicyclic amines) is 1. The Morgan fingerprint density at radius 1 is 1.19 bits per heavy atom. The minimum absolute atomic E-state index is 0.244. The van der Waals surface area contributed by atoms with Crippen molar-refractivity contribution in [3.8, 4) is 0 Å². The highest BCUT2D eigenvalue weighted by molar-refractivity contribution is 5.22. The first-order valence-corrected chi connectivity index (χ1v) is 10.4. The first-order valence-electron chi connectivity index (χ1n) is 10.4. The highest BCUT2D eigenvalue weighted by Gasteiger charge is 2.32. The van der Waals surface area contributed by atoms with E-state index in [1.54, 1.807) is 0 Å². The number of ether oxygens (including phenoxy) is 2. The second kappa shape index (κ2) is 8.38. The molecule has 0 amide bonds. The lowest BCUT2D eigenvalue weighted by Crippen LogP contribution is -2.37. The van der Waals surface area contributed by atoms with Gasteiger partial charge in [0.1, 0.15) is 5.82 Å². The van der Waals surface area contributed by atoms with Gasteiger partial charge in [-0.2, -0.15) is 0 Å². The maximum Gasteiger partial charge on any atom is 0.126 e. The van der Waals surface area contributed by atoms with Crippen LogP contribution in [0.15, 0.2) is 0 Å². The molecule has 2 atom stereocenters. The summed E-state index contributed by atoms with van der Waals surface area (Å²) in [5, 5.41) is 10.5. The molecule has 0 aromatic carbocycles. The third-order valence-electron chi connectivity index (χ3n) is 6.21. The maximum atomic E-state index is 10.5. The summed E-state index contributed by atoms with van der Waals surface area (Å²) in [6.45, 7) is 3.68. The van der Waals surface area contributed by atoms with Crippen LogP contribution in [0.25, 0.3) is 0 Å². The molecule has 0 bridgehead atoms. The Labute approximate surface area is 156 Å². The SMILES string of the molecule is Cn1c([C@H]2CCCN2C[C@H](O)COC2CCOCC2)nc2c1CCCC2. The molecule has 26 heavy (non-hydrogen) atoms. The average Bonchev–Trinajstić information content (AvgIpc) is 3.25. The van der Waals surface area contributed by atoms with Gasteiger partial charge >= 0.3 is 0 Å². The van der Waals surface area contributed by atoms with E-state index in [0.717, 1.165) is 51.9 Å². The Balaban J connectivity index is 1.35. The standard InChI is InChI=1S/C20H33N3O3/c1-22-18-6-3-2-5-17(18)21-20(22)19-7-4-10-23(19)13-15(24)14-26-16-8-11-25-12-9-16/h15-16,19,24H,2-14H2,1H3/t15-,19+/m0/s1. The number of fused-ring (bicyclic) bond motifs is 1. The highest BCUT2D eigenvalue weighted by atomic mass is 16.5. The fraction of sp³-hybridized carbons (Fsp3) is 0.850. The number of aliphatic hydroxyl groups is 1.